The van der Waals surface area contributed by atoms with Crippen molar-refractivity contribution in [3.63, 3.8) is 0 Å². The molecule has 35 heavy (non-hydrogen) atoms. The van der Waals surface area contributed by atoms with Gasteiger partial charge in [-0.15, -0.1) is 0 Å². The van der Waals surface area contributed by atoms with Crippen molar-refractivity contribution in [1.82, 2.24) is 4.90 Å². The summed E-state index contributed by atoms with van der Waals surface area (Å²) in [6.07, 6.45) is 2.76. The number of hydrogen-bond acceptors (Lipinski definition) is 7. The maximum atomic E-state index is 12.0. The van der Waals surface area contributed by atoms with Crippen LogP contribution >= 0.6 is 0 Å². The molecule has 0 radical (unpaired) electrons. The molecule has 2 heterocycles. The van der Waals surface area contributed by atoms with E-state index in [9.17, 15) is 15.0 Å². The van der Waals surface area contributed by atoms with E-state index in [-0.39, 0.29) is 38.1 Å². The van der Waals surface area contributed by atoms with Crippen LogP contribution in [0.15, 0.2) is 61.2 Å². The SMILES string of the molecule is C=CCOC(=O)Nc1cccc([C@@H]2O[C@H](CN3CCC[C@H]3CO)C[C@H](c3ccc(CO)cc3)O2)c1. The number of carbonyl (C=O) groups excluding carboxylic acids is 1. The molecule has 0 aromatic heterocycles. The number of ether oxygens (including phenoxy) is 3. The van der Waals surface area contributed by atoms with Crippen molar-refractivity contribution < 1.29 is 29.2 Å². The minimum Gasteiger partial charge on any atom is -0.445 e. The Morgan fingerprint density at radius 1 is 1.17 bits per heavy atom. The normalized spacial score (nSPS) is 24.7. The van der Waals surface area contributed by atoms with Crippen LogP contribution in [0.2, 0.25) is 0 Å². The summed E-state index contributed by atoms with van der Waals surface area (Å²) in [4.78, 5) is 14.3. The monoisotopic (exact) mass is 482 g/mol. The number of benzene rings is 2. The molecule has 0 bridgehead atoms. The van der Waals surface area contributed by atoms with Crippen LogP contribution in [0.25, 0.3) is 0 Å². The van der Waals surface area contributed by atoms with E-state index in [4.69, 9.17) is 14.2 Å². The molecular weight excluding hydrogens is 448 g/mol. The van der Waals surface area contributed by atoms with Crippen LogP contribution in [0.5, 0.6) is 0 Å². The molecule has 2 aromatic carbocycles. The second kappa shape index (κ2) is 12.3. The van der Waals surface area contributed by atoms with Crippen LogP contribution in [0.4, 0.5) is 10.5 Å². The molecule has 2 saturated heterocycles. The van der Waals surface area contributed by atoms with Gasteiger partial charge in [-0.1, -0.05) is 49.1 Å². The van der Waals surface area contributed by atoms with Gasteiger partial charge in [-0.25, -0.2) is 4.79 Å². The van der Waals surface area contributed by atoms with Gasteiger partial charge in [-0.2, -0.15) is 0 Å². The fraction of sp³-hybridized carbons (Fsp3) is 0.444. The molecule has 188 valence electrons. The number of amides is 1. The lowest BCUT2D eigenvalue weighted by atomic mass is 9.99. The molecule has 0 saturated carbocycles. The van der Waals surface area contributed by atoms with Gasteiger partial charge in [-0.05, 0) is 42.6 Å². The molecule has 8 heteroatoms. The molecule has 0 unspecified atom stereocenters. The van der Waals surface area contributed by atoms with Crippen LogP contribution in [0.3, 0.4) is 0 Å². The minimum absolute atomic E-state index is 0.00724. The highest BCUT2D eigenvalue weighted by Crippen LogP contribution is 2.39. The number of hydrogen-bond donors (Lipinski definition) is 3. The zero-order valence-electron chi connectivity index (χ0n) is 19.8. The number of nitrogens with zero attached hydrogens (tertiary/aromatic N) is 1. The van der Waals surface area contributed by atoms with Gasteiger partial charge in [0.1, 0.15) is 6.61 Å². The predicted molar refractivity (Wildman–Crippen MR) is 132 cm³/mol. The molecule has 0 spiro atoms. The third-order valence-corrected chi connectivity index (χ3v) is 6.50. The quantitative estimate of drug-likeness (QED) is 0.466. The highest BCUT2D eigenvalue weighted by Gasteiger charge is 2.35. The van der Waals surface area contributed by atoms with Gasteiger partial charge in [0.2, 0.25) is 0 Å². The molecule has 8 nitrogen and oxygen atoms in total. The van der Waals surface area contributed by atoms with Gasteiger partial charge < -0.3 is 24.4 Å². The smallest absolute Gasteiger partial charge is 0.411 e. The summed E-state index contributed by atoms with van der Waals surface area (Å²) in [6, 6.07) is 15.3. The fourth-order valence-corrected chi connectivity index (χ4v) is 4.69. The Labute approximate surface area is 206 Å². The molecule has 2 aliphatic rings. The van der Waals surface area contributed by atoms with Crippen LogP contribution in [-0.4, -0.2) is 59.7 Å². The van der Waals surface area contributed by atoms with Gasteiger partial charge in [0.05, 0.1) is 25.4 Å². The standard InChI is InChI=1S/C27H34N2O6/c1-2-13-33-27(32)28-22-6-3-5-21(14-22)26-34-24(16-29-12-4-7-23(29)18-31)15-25(35-26)20-10-8-19(17-30)9-11-20/h2-3,5-6,8-11,14,23-26,30-31H,1,4,7,12-13,15-18H2,(H,28,32)/t23-,24-,25+,26+/m0/s1. The summed E-state index contributed by atoms with van der Waals surface area (Å²) in [7, 11) is 0. The molecule has 3 N–H and O–H groups in total. The first-order chi connectivity index (χ1) is 17.1. The number of aliphatic hydroxyl groups is 2. The van der Waals surface area contributed by atoms with E-state index in [1.54, 1.807) is 6.07 Å². The molecule has 2 fully saturated rings. The van der Waals surface area contributed by atoms with Gasteiger partial charge in [0.25, 0.3) is 0 Å². The first kappa shape index (κ1) is 25.3. The number of carbonyl (C=O) groups is 1. The number of aliphatic hydroxyl groups excluding tert-OH is 2. The third kappa shape index (κ3) is 6.68. The molecular formula is C27H34N2O6. The summed E-state index contributed by atoms with van der Waals surface area (Å²) >= 11 is 0. The zero-order chi connectivity index (χ0) is 24.6. The summed E-state index contributed by atoms with van der Waals surface area (Å²) < 4.78 is 17.8. The Morgan fingerprint density at radius 3 is 2.74 bits per heavy atom. The third-order valence-electron chi connectivity index (χ3n) is 6.50. The van der Waals surface area contributed by atoms with Crippen LogP contribution in [0, 0.1) is 0 Å². The first-order valence-corrected chi connectivity index (χ1v) is 12.1. The van der Waals surface area contributed by atoms with E-state index in [2.05, 4.69) is 16.8 Å². The maximum Gasteiger partial charge on any atom is 0.411 e. The van der Waals surface area contributed by atoms with Crippen molar-refractivity contribution >= 4 is 11.8 Å². The van der Waals surface area contributed by atoms with E-state index in [0.717, 1.165) is 36.1 Å². The highest BCUT2D eigenvalue weighted by atomic mass is 16.7. The van der Waals surface area contributed by atoms with E-state index in [1.807, 2.05) is 42.5 Å². The van der Waals surface area contributed by atoms with Crippen LogP contribution in [-0.2, 0) is 20.8 Å². The van der Waals surface area contributed by atoms with E-state index in [1.165, 1.54) is 6.08 Å². The van der Waals surface area contributed by atoms with Gasteiger partial charge in [0.15, 0.2) is 6.29 Å². The van der Waals surface area contributed by atoms with Crippen molar-refractivity contribution in [3.05, 3.63) is 77.9 Å². The lowest BCUT2D eigenvalue weighted by molar-refractivity contribution is -0.253. The molecule has 0 aliphatic carbocycles. The molecule has 2 aromatic rings. The maximum absolute atomic E-state index is 12.0. The molecule has 4 rings (SSSR count). The van der Waals surface area contributed by atoms with E-state index in [0.29, 0.717) is 18.7 Å². The summed E-state index contributed by atoms with van der Waals surface area (Å²) in [6.45, 7) is 5.47. The van der Waals surface area contributed by atoms with Crippen LogP contribution < -0.4 is 5.32 Å². The topological polar surface area (TPSA) is 100 Å². The Bertz CT molecular complexity index is 982. The lowest BCUT2D eigenvalue weighted by Crippen LogP contribution is -2.42. The number of rotatable bonds is 9. The van der Waals surface area contributed by atoms with E-state index >= 15 is 0 Å². The van der Waals surface area contributed by atoms with Crippen LogP contribution in [0.1, 0.15) is 48.3 Å². The Kier molecular flexibility index (Phi) is 8.90. The summed E-state index contributed by atoms with van der Waals surface area (Å²) in [5.74, 6) is 0. The highest BCUT2D eigenvalue weighted by molar-refractivity contribution is 5.84. The Balaban J connectivity index is 1.53. The largest absolute Gasteiger partial charge is 0.445 e. The average Bonchev–Trinajstić information content (AvgIpc) is 3.34. The van der Waals surface area contributed by atoms with Gasteiger partial charge in [-0.3, -0.25) is 10.2 Å². The van der Waals surface area contributed by atoms with Crippen molar-refractivity contribution in [3.8, 4) is 0 Å². The molecule has 2 aliphatic heterocycles. The Morgan fingerprint density at radius 2 is 2.00 bits per heavy atom. The van der Waals surface area contributed by atoms with Gasteiger partial charge >= 0.3 is 6.09 Å². The first-order valence-electron chi connectivity index (χ1n) is 12.1. The molecule has 1 amide bonds. The predicted octanol–water partition coefficient (Wildman–Crippen LogP) is 3.92. The fourth-order valence-electron chi connectivity index (χ4n) is 4.69. The van der Waals surface area contributed by atoms with Crippen molar-refractivity contribution in [2.75, 3.05) is 31.6 Å². The summed E-state index contributed by atoms with van der Waals surface area (Å²) in [5.41, 5.74) is 3.23. The number of anilines is 1. The van der Waals surface area contributed by atoms with Crippen molar-refractivity contribution in [2.45, 2.75) is 50.4 Å². The zero-order valence-corrected chi connectivity index (χ0v) is 19.8. The van der Waals surface area contributed by atoms with E-state index < -0.39 is 12.4 Å². The van der Waals surface area contributed by atoms with Crippen molar-refractivity contribution in [2.24, 2.45) is 0 Å². The lowest BCUT2D eigenvalue weighted by Gasteiger charge is -2.38. The summed E-state index contributed by atoms with van der Waals surface area (Å²) in [5, 5.41) is 21.9. The second-order valence-electron chi connectivity index (χ2n) is 8.96. The van der Waals surface area contributed by atoms with Gasteiger partial charge in [0, 0.05) is 30.3 Å². The second-order valence-corrected chi connectivity index (χ2v) is 8.96. The molecule has 4 atom stereocenters. The number of nitrogens with one attached hydrogen (secondary N) is 1. The number of likely N-dealkylation sites (tertiary alicyclic amines) is 1. The van der Waals surface area contributed by atoms with Crippen molar-refractivity contribution in [1.29, 1.82) is 0 Å². The minimum atomic E-state index is -0.627. The Hall–Kier alpha value is -2.75. The average molecular weight is 483 g/mol.